The molecule has 170 valence electrons. The van der Waals surface area contributed by atoms with Gasteiger partial charge in [0.1, 0.15) is 11.6 Å². The lowest BCUT2D eigenvalue weighted by Gasteiger charge is -2.13. The van der Waals surface area contributed by atoms with Gasteiger partial charge in [0, 0.05) is 39.9 Å². The summed E-state index contributed by atoms with van der Waals surface area (Å²) < 4.78 is 68.5. The van der Waals surface area contributed by atoms with Gasteiger partial charge in [-0.3, -0.25) is 19.8 Å². The minimum atomic E-state index is -4.64. The van der Waals surface area contributed by atoms with Crippen LogP contribution in [0, 0.1) is 18.6 Å². The molecule has 0 bridgehead atoms. The SMILES string of the molecule is CC1=NCc2ncc(-c3cc(F)c(CC(=O)Nc4cnc(C)c(C(F)(F)F)c4)cc3F)cc21. The van der Waals surface area contributed by atoms with Crippen LogP contribution in [0.2, 0.25) is 0 Å². The molecule has 1 aliphatic heterocycles. The summed E-state index contributed by atoms with van der Waals surface area (Å²) in [6.45, 7) is 3.43. The fourth-order valence-corrected chi connectivity index (χ4v) is 3.57. The number of nitrogens with zero attached hydrogens (tertiary/aromatic N) is 3. The van der Waals surface area contributed by atoms with Crippen LogP contribution in [0.5, 0.6) is 0 Å². The Morgan fingerprint density at radius 2 is 1.76 bits per heavy atom. The molecule has 0 spiro atoms. The third-order valence-corrected chi connectivity index (χ3v) is 5.30. The molecule has 5 nitrogen and oxygen atoms in total. The van der Waals surface area contributed by atoms with Gasteiger partial charge in [0.05, 0.1) is 36.1 Å². The number of hydrogen-bond donors (Lipinski definition) is 1. The third kappa shape index (κ3) is 4.59. The topological polar surface area (TPSA) is 67.2 Å². The molecule has 1 aromatic carbocycles. The summed E-state index contributed by atoms with van der Waals surface area (Å²) in [5, 5.41) is 2.24. The number of halogens is 5. The highest BCUT2D eigenvalue weighted by Gasteiger charge is 2.33. The van der Waals surface area contributed by atoms with E-state index in [-0.39, 0.29) is 22.5 Å². The number of aryl methyl sites for hydroxylation is 1. The van der Waals surface area contributed by atoms with Gasteiger partial charge in [-0.05, 0) is 38.1 Å². The van der Waals surface area contributed by atoms with Gasteiger partial charge in [-0.25, -0.2) is 8.78 Å². The Morgan fingerprint density at radius 3 is 2.48 bits per heavy atom. The van der Waals surface area contributed by atoms with Crippen LogP contribution in [0.1, 0.15) is 35.0 Å². The minimum Gasteiger partial charge on any atom is -0.324 e. The Bertz CT molecular complexity index is 1300. The van der Waals surface area contributed by atoms with Crippen molar-refractivity contribution in [2.45, 2.75) is 33.0 Å². The molecule has 0 unspecified atom stereocenters. The highest BCUT2D eigenvalue weighted by molar-refractivity contribution is 6.02. The van der Waals surface area contributed by atoms with Gasteiger partial charge < -0.3 is 5.32 Å². The average Bonchev–Trinajstić information content (AvgIpc) is 3.11. The molecule has 4 rings (SSSR count). The number of aliphatic imine (C=N–C) groups is 1. The summed E-state index contributed by atoms with van der Waals surface area (Å²) in [5.41, 5.74) is 0.940. The van der Waals surface area contributed by atoms with Gasteiger partial charge in [0.2, 0.25) is 5.91 Å². The van der Waals surface area contributed by atoms with Gasteiger partial charge >= 0.3 is 6.18 Å². The summed E-state index contributed by atoms with van der Waals surface area (Å²) in [6, 6.07) is 4.29. The fraction of sp³-hybridized carbons (Fsp3) is 0.217. The largest absolute Gasteiger partial charge is 0.418 e. The van der Waals surface area contributed by atoms with Crippen molar-refractivity contribution in [3.8, 4) is 11.1 Å². The van der Waals surface area contributed by atoms with Crippen LogP contribution in [0.4, 0.5) is 27.6 Å². The summed E-state index contributed by atoms with van der Waals surface area (Å²) in [6.07, 6.45) is -2.72. The standard InChI is InChI=1S/C23H17F5N4O/c1-11-16-3-14(8-31-21(16)10-30-11)17-7-19(24)13(4-20(17)25)5-22(33)32-15-6-18(23(26,27)28)12(2)29-9-15/h3-4,6-9H,5,10H2,1-2H3,(H,32,33). The van der Waals surface area contributed by atoms with Crippen LogP contribution < -0.4 is 5.32 Å². The second kappa shape index (κ2) is 8.34. The number of pyridine rings is 2. The predicted molar refractivity (Wildman–Crippen MR) is 112 cm³/mol. The highest BCUT2D eigenvalue weighted by atomic mass is 19.4. The van der Waals surface area contributed by atoms with Gasteiger partial charge in [-0.2, -0.15) is 13.2 Å². The van der Waals surface area contributed by atoms with E-state index in [9.17, 15) is 26.7 Å². The molecule has 0 saturated carbocycles. The van der Waals surface area contributed by atoms with Gasteiger partial charge in [-0.15, -0.1) is 0 Å². The average molecular weight is 460 g/mol. The first-order valence-electron chi connectivity index (χ1n) is 9.85. The molecule has 0 atom stereocenters. The quantitative estimate of drug-likeness (QED) is 0.541. The van der Waals surface area contributed by atoms with Crippen molar-refractivity contribution in [1.29, 1.82) is 0 Å². The normalized spacial score (nSPS) is 13.0. The predicted octanol–water partition coefficient (Wildman–Crippen LogP) is 5.25. The summed E-state index contributed by atoms with van der Waals surface area (Å²) >= 11 is 0. The van der Waals surface area contributed by atoms with E-state index in [1.165, 1.54) is 13.1 Å². The minimum absolute atomic E-state index is 0.0239. The zero-order chi connectivity index (χ0) is 23.9. The maximum atomic E-state index is 14.8. The van der Waals surface area contributed by atoms with Crippen molar-refractivity contribution >= 4 is 17.3 Å². The van der Waals surface area contributed by atoms with Gasteiger partial charge in [0.25, 0.3) is 0 Å². The molecule has 33 heavy (non-hydrogen) atoms. The number of carbonyl (C=O) groups is 1. The molecular formula is C23H17F5N4O. The molecule has 2 aromatic heterocycles. The van der Waals surface area contributed by atoms with E-state index < -0.39 is 35.7 Å². The Morgan fingerprint density at radius 1 is 1.00 bits per heavy atom. The first-order valence-corrected chi connectivity index (χ1v) is 9.85. The van der Waals surface area contributed by atoms with Crippen molar-refractivity contribution < 1.29 is 26.7 Å². The van der Waals surface area contributed by atoms with E-state index in [1.54, 1.807) is 13.0 Å². The first kappa shape index (κ1) is 22.5. The van der Waals surface area contributed by atoms with Gasteiger partial charge in [0.15, 0.2) is 0 Å². The van der Waals surface area contributed by atoms with E-state index in [4.69, 9.17) is 0 Å². The van der Waals surface area contributed by atoms with Crippen LogP contribution >= 0.6 is 0 Å². The van der Waals surface area contributed by atoms with Crippen LogP contribution in [0.15, 0.2) is 41.7 Å². The fourth-order valence-electron chi connectivity index (χ4n) is 3.57. The van der Waals surface area contributed by atoms with Crippen LogP contribution in [0.3, 0.4) is 0 Å². The zero-order valence-electron chi connectivity index (χ0n) is 17.5. The number of rotatable bonds is 4. The zero-order valence-corrected chi connectivity index (χ0v) is 17.5. The molecule has 3 heterocycles. The van der Waals surface area contributed by atoms with Gasteiger partial charge in [-0.1, -0.05) is 0 Å². The number of alkyl halides is 3. The van der Waals surface area contributed by atoms with E-state index in [1.807, 2.05) is 0 Å². The monoisotopic (exact) mass is 460 g/mol. The molecule has 1 N–H and O–H groups in total. The van der Waals surface area contributed by atoms with Crippen molar-refractivity contribution in [1.82, 2.24) is 9.97 Å². The molecule has 1 aliphatic rings. The second-order valence-corrected chi connectivity index (χ2v) is 7.62. The molecule has 0 fully saturated rings. The van der Waals surface area contributed by atoms with Crippen LogP contribution in [-0.4, -0.2) is 21.6 Å². The Hall–Kier alpha value is -3.69. The number of anilines is 1. The van der Waals surface area contributed by atoms with E-state index in [0.717, 1.165) is 41.4 Å². The Kier molecular flexibility index (Phi) is 5.69. The van der Waals surface area contributed by atoms with Crippen molar-refractivity contribution in [3.63, 3.8) is 0 Å². The van der Waals surface area contributed by atoms with Crippen molar-refractivity contribution in [2.75, 3.05) is 5.32 Å². The highest BCUT2D eigenvalue weighted by Crippen LogP contribution is 2.33. The molecule has 10 heteroatoms. The molecular weight excluding hydrogens is 443 g/mol. The summed E-state index contributed by atoms with van der Waals surface area (Å²) in [7, 11) is 0. The molecule has 3 aromatic rings. The number of carbonyl (C=O) groups excluding carboxylic acids is 1. The molecule has 1 amide bonds. The smallest absolute Gasteiger partial charge is 0.324 e. The molecule has 0 saturated heterocycles. The maximum Gasteiger partial charge on any atom is 0.418 e. The lowest BCUT2D eigenvalue weighted by Crippen LogP contribution is -2.17. The number of amides is 1. The van der Waals surface area contributed by atoms with Crippen molar-refractivity contribution in [2.24, 2.45) is 4.99 Å². The van der Waals surface area contributed by atoms with Crippen LogP contribution in [-0.2, 0) is 23.9 Å². The Labute approximate surface area is 185 Å². The van der Waals surface area contributed by atoms with Crippen molar-refractivity contribution in [3.05, 3.63) is 76.4 Å². The Balaban J connectivity index is 1.54. The number of hydrogen-bond acceptors (Lipinski definition) is 4. The number of nitrogens with one attached hydrogen (secondary N) is 1. The molecule has 0 radical (unpaired) electrons. The van der Waals surface area contributed by atoms with Crippen LogP contribution in [0.25, 0.3) is 11.1 Å². The third-order valence-electron chi connectivity index (χ3n) is 5.30. The first-order chi connectivity index (χ1) is 15.5. The number of aromatic nitrogens is 2. The maximum absolute atomic E-state index is 14.8. The van der Waals surface area contributed by atoms with E-state index >= 15 is 0 Å². The summed E-state index contributed by atoms with van der Waals surface area (Å²) in [4.78, 5) is 24.4. The second-order valence-electron chi connectivity index (χ2n) is 7.62. The number of fused-ring (bicyclic) bond motifs is 1. The van der Waals surface area contributed by atoms with E-state index in [0.29, 0.717) is 12.1 Å². The lowest BCUT2D eigenvalue weighted by atomic mass is 10.00. The lowest BCUT2D eigenvalue weighted by molar-refractivity contribution is -0.138. The summed E-state index contributed by atoms with van der Waals surface area (Å²) in [5.74, 6) is -2.40. The molecule has 0 aliphatic carbocycles. The van der Waals surface area contributed by atoms with E-state index in [2.05, 4.69) is 20.3 Å². The number of benzene rings is 1.